The van der Waals surface area contributed by atoms with Crippen LogP contribution in [0, 0.1) is 0 Å². The minimum absolute atomic E-state index is 0.0273. The van der Waals surface area contributed by atoms with Crippen molar-refractivity contribution in [3.8, 4) is 11.1 Å². The molecule has 0 atom stereocenters. The van der Waals surface area contributed by atoms with E-state index in [0.717, 1.165) is 46.5 Å². The molecule has 0 radical (unpaired) electrons. The number of hydrogen-bond acceptors (Lipinski definition) is 3. The topological polar surface area (TPSA) is 43.7 Å². The van der Waals surface area contributed by atoms with Gasteiger partial charge in [-0.3, -0.25) is 0 Å². The lowest BCUT2D eigenvalue weighted by atomic mass is 9.73. The van der Waals surface area contributed by atoms with Crippen molar-refractivity contribution < 1.29 is 36.6 Å². The van der Waals surface area contributed by atoms with Gasteiger partial charge in [-0.05, 0) is 83.6 Å². The summed E-state index contributed by atoms with van der Waals surface area (Å²) < 4.78 is 81.9. The number of benzene rings is 4. The van der Waals surface area contributed by atoms with Gasteiger partial charge in [0.15, 0.2) is 0 Å². The van der Waals surface area contributed by atoms with E-state index in [-0.39, 0.29) is 37.4 Å². The van der Waals surface area contributed by atoms with Crippen molar-refractivity contribution in [3.05, 3.63) is 113 Å². The molecule has 0 spiro atoms. The monoisotopic (exact) mass is 557 g/mol. The summed E-state index contributed by atoms with van der Waals surface area (Å²) in [4.78, 5) is 1.36. The standard InChI is InChI=1S/C31H25F6NO2/c32-30(33,34)20-5-3-7-22(17-20)38(23-8-4-6-21(18-23)31(35,36)37)24-11-12-26-25-9-1-2-10-27(25)29(13-15-39,14-16-40)28(26)19-24/h1-12,17-19,39-40H,13-16H2. The van der Waals surface area contributed by atoms with Crippen LogP contribution in [0.5, 0.6) is 0 Å². The summed E-state index contributed by atoms with van der Waals surface area (Å²) in [6.07, 6.45) is -8.78. The third kappa shape index (κ3) is 4.84. The molecule has 0 saturated carbocycles. The first-order valence-corrected chi connectivity index (χ1v) is 12.6. The van der Waals surface area contributed by atoms with E-state index < -0.39 is 28.9 Å². The third-order valence-corrected chi connectivity index (χ3v) is 7.45. The highest BCUT2D eigenvalue weighted by Crippen LogP contribution is 2.54. The Bertz CT molecular complexity index is 1470. The second-order valence-corrected chi connectivity index (χ2v) is 9.74. The van der Waals surface area contributed by atoms with Gasteiger partial charge in [-0.25, -0.2) is 0 Å². The fourth-order valence-electron chi connectivity index (χ4n) is 5.72. The average molecular weight is 558 g/mol. The maximum absolute atomic E-state index is 13.6. The van der Waals surface area contributed by atoms with Crippen LogP contribution in [-0.4, -0.2) is 23.4 Å². The Morgan fingerprint density at radius 3 is 1.57 bits per heavy atom. The lowest BCUT2D eigenvalue weighted by Gasteiger charge is -2.33. The highest BCUT2D eigenvalue weighted by molar-refractivity contribution is 5.86. The van der Waals surface area contributed by atoms with E-state index in [4.69, 9.17) is 0 Å². The summed E-state index contributed by atoms with van der Waals surface area (Å²) in [6, 6.07) is 21.6. The molecule has 0 aliphatic heterocycles. The van der Waals surface area contributed by atoms with Gasteiger partial charge in [-0.15, -0.1) is 0 Å². The van der Waals surface area contributed by atoms with Gasteiger partial charge in [0.1, 0.15) is 0 Å². The maximum atomic E-state index is 13.6. The SMILES string of the molecule is OCCC1(CCO)c2ccccc2-c2ccc(N(c3cccc(C(F)(F)F)c3)c3cccc(C(F)(F)F)c3)cc21. The Balaban J connectivity index is 1.76. The Morgan fingerprint density at radius 1 is 0.550 bits per heavy atom. The first kappa shape index (κ1) is 27.7. The summed E-state index contributed by atoms with van der Waals surface area (Å²) in [5.74, 6) is 0. The largest absolute Gasteiger partial charge is 0.416 e. The lowest BCUT2D eigenvalue weighted by molar-refractivity contribution is -0.138. The van der Waals surface area contributed by atoms with E-state index in [1.807, 2.05) is 24.3 Å². The zero-order chi connectivity index (χ0) is 28.7. The van der Waals surface area contributed by atoms with E-state index in [0.29, 0.717) is 5.69 Å². The highest BCUT2D eigenvalue weighted by atomic mass is 19.4. The molecule has 0 bridgehead atoms. The van der Waals surface area contributed by atoms with Crippen LogP contribution in [0.2, 0.25) is 0 Å². The molecule has 4 aromatic carbocycles. The van der Waals surface area contributed by atoms with Crippen LogP contribution in [0.25, 0.3) is 11.1 Å². The van der Waals surface area contributed by atoms with Gasteiger partial charge in [0.2, 0.25) is 0 Å². The molecule has 4 aromatic rings. The normalized spacial score (nSPS) is 14.1. The fraction of sp³-hybridized carbons (Fsp3) is 0.226. The van der Waals surface area contributed by atoms with Gasteiger partial charge >= 0.3 is 12.4 Å². The summed E-state index contributed by atoms with van der Waals surface area (Å²) in [5.41, 5.74) is 1.08. The molecule has 40 heavy (non-hydrogen) atoms. The van der Waals surface area contributed by atoms with E-state index >= 15 is 0 Å². The Labute approximate surface area is 226 Å². The number of aliphatic hydroxyl groups excluding tert-OH is 2. The van der Waals surface area contributed by atoms with Crippen LogP contribution in [-0.2, 0) is 17.8 Å². The van der Waals surface area contributed by atoms with Crippen LogP contribution in [0.4, 0.5) is 43.4 Å². The van der Waals surface area contributed by atoms with E-state index in [1.165, 1.54) is 29.2 Å². The van der Waals surface area contributed by atoms with Crippen molar-refractivity contribution in [2.24, 2.45) is 0 Å². The molecule has 0 heterocycles. The second kappa shape index (κ2) is 10.3. The molecule has 2 N–H and O–H groups in total. The molecule has 3 nitrogen and oxygen atoms in total. The first-order chi connectivity index (χ1) is 19.0. The summed E-state index contributed by atoms with van der Waals surface area (Å²) >= 11 is 0. The molecular weight excluding hydrogens is 532 g/mol. The van der Waals surface area contributed by atoms with Gasteiger partial charge in [0, 0.05) is 35.7 Å². The number of rotatable bonds is 7. The van der Waals surface area contributed by atoms with Crippen molar-refractivity contribution in [1.82, 2.24) is 0 Å². The molecule has 1 aliphatic carbocycles. The quantitative estimate of drug-likeness (QED) is 0.225. The zero-order valence-electron chi connectivity index (χ0n) is 21.1. The third-order valence-electron chi connectivity index (χ3n) is 7.45. The number of fused-ring (bicyclic) bond motifs is 3. The predicted octanol–water partition coefficient (Wildman–Crippen LogP) is 8.23. The molecule has 0 unspecified atom stereocenters. The minimum Gasteiger partial charge on any atom is -0.396 e. The molecular formula is C31H25F6NO2. The Hall–Kier alpha value is -3.82. The maximum Gasteiger partial charge on any atom is 0.416 e. The predicted molar refractivity (Wildman–Crippen MR) is 141 cm³/mol. The number of halogens is 6. The van der Waals surface area contributed by atoms with Crippen molar-refractivity contribution in [2.75, 3.05) is 18.1 Å². The van der Waals surface area contributed by atoms with E-state index in [9.17, 15) is 36.6 Å². The number of nitrogens with zero attached hydrogens (tertiary/aromatic N) is 1. The van der Waals surface area contributed by atoms with Crippen LogP contribution in [0.1, 0.15) is 35.1 Å². The number of alkyl halides is 6. The summed E-state index contributed by atoms with van der Waals surface area (Å²) in [5, 5.41) is 20.0. The van der Waals surface area contributed by atoms with Gasteiger partial charge in [0.25, 0.3) is 0 Å². The molecule has 0 aromatic heterocycles. The zero-order valence-corrected chi connectivity index (χ0v) is 21.1. The molecule has 1 aliphatic rings. The van der Waals surface area contributed by atoms with Crippen LogP contribution in [0.15, 0.2) is 91.0 Å². The van der Waals surface area contributed by atoms with Gasteiger partial charge in [-0.1, -0.05) is 42.5 Å². The minimum atomic E-state index is -4.66. The summed E-state index contributed by atoms with van der Waals surface area (Å²) in [7, 11) is 0. The van der Waals surface area contributed by atoms with E-state index in [2.05, 4.69) is 0 Å². The van der Waals surface area contributed by atoms with Crippen molar-refractivity contribution in [2.45, 2.75) is 30.6 Å². The smallest absolute Gasteiger partial charge is 0.396 e. The molecule has 5 rings (SSSR count). The van der Waals surface area contributed by atoms with E-state index in [1.54, 1.807) is 18.2 Å². The van der Waals surface area contributed by atoms with Gasteiger partial charge in [-0.2, -0.15) is 26.3 Å². The van der Waals surface area contributed by atoms with Crippen LogP contribution >= 0.6 is 0 Å². The average Bonchev–Trinajstić information content (AvgIpc) is 3.18. The fourth-order valence-corrected chi connectivity index (χ4v) is 5.72. The Morgan fingerprint density at radius 2 is 1.05 bits per heavy atom. The van der Waals surface area contributed by atoms with Crippen molar-refractivity contribution in [1.29, 1.82) is 0 Å². The molecule has 0 saturated heterocycles. The lowest BCUT2D eigenvalue weighted by Crippen LogP contribution is -2.28. The Kier molecular flexibility index (Phi) is 7.14. The molecule has 9 heteroatoms. The second-order valence-electron chi connectivity index (χ2n) is 9.74. The first-order valence-electron chi connectivity index (χ1n) is 12.6. The van der Waals surface area contributed by atoms with Crippen LogP contribution < -0.4 is 4.90 Å². The van der Waals surface area contributed by atoms with Crippen LogP contribution in [0.3, 0.4) is 0 Å². The summed E-state index contributed by atoms with van der Waals surface area (Å²) in [6.45, 7) is -0.383. The number of anilines is 3. The molecule has 0 amide bonds. The van der Waals surface area contributed by atoms with Gasteiger partial charge < -0.3 is 15.1 Å². The number of hydrogen-bond donors (Lipinski definition) is 2. The number of aliphatic hydroxyl groups is 2. The molecule has 208 valence electrons. The molecule has 0 fully saturated rings. The van der Waals surface area contributed by atoms with Crippen molar-refractivity contribution in [3.63, 3.8) is 0 Å². The highest BCUT2D eigenvalue weighted by Gasteiger charge is 2.43. The van der Waals surface area contributed by atoms with Gasteiger partial charge in [0.05, 0.1) is 11.1 Å². The van der Waals surface area contributed by atoms with Crippen molar-refractivity contribution >= 4 is 17.1 Å².